The van der Waals surface area contributed by atoms with Gasteiger partial charge in [0.25, 0.3) is 0 Å². The Morgan fingerprint density at radius 3 is 3.00 bits per heavy atom. The van der Waals surface area contributed by atoms with Crippen LogP contribution in [0.25, 0.3) is 0 Å². The summed E-state index contributed by atoms with van der Waals surface area (Å²) in [7, 11) is 0. The maximum atomic E-state index is 9.23. The second-order valence-electron chi connectivity index (χ2n) is 4.12. The van der Waals surface area contributed by atoms with Crippen LogP contribution in [0.3, 0.4) is 0 Å². The van der Waals surface area contributed by atoms with Gasteiger partial charge >= 0.3 is 0 Å². The van der Waals surface area contributed by atoms with Gasteiger partial charge in [0.2, 0.25) is 0 Å². The minimum atomic E-state index is 0.283. The summed E-state index contributed by atoms with van der Waals surface area (Å²) >= 11 is 0. The minimum Gasteiger partial charge on any atom is -0.396 e. The summed E-state index contributed by atoms with van der Waals surface area (Å²) in [5.74, 6) is 0.872. The molecule has 1 fully saturated rings. The molecule has 0 spiro atoms. The summed E-state index contributed by atoms with van der Waals surface area (Å²) in [4.78, 5) is 0. The highest BCUT2D eigenvalue weighted by Gasteiger charge is 2.27. The molecular weight excluding hydrogens is 174 g/mol. The maximum Gasteiger partial charge on any atom is 0.0477 e. The Morgan fingerprint density at radius 1 is 1.43 bits per heavy atom. The molecule has 1 saturated heterocycles. The van der Waals surface area contributed by atoms with Crippen molar-refractivity contribution in [3.8, 4) is 0 Å². The predicted octanol–water partition coefficient (Wildman–Crippen LogP) is 1.29. The molecule has 0 saturated carbocycles. The molecule has 1 aliphatic rings. The van der Waals surface area contributed by atoms with Crippen molar-refractivity contribution in [1.82, 2.24) is 5.32 Å². The van der Waals surface area contributed by atoms with Crippen LogP contribution in [0.2, 0.25) is 0 Å². The molecule has 0 unspecified atom stereocenters. The lowest BCUT2D eigenvalue weighted by molar-refractivity contribution is 0.226. The Bertz CT molecular complexity index is 311. The maximum absolute atomic E-state index is 9.23. The van der Waals surface area contributed by atoms with Crippen molar-refractivity contribution in [2.24, 2.45) is 5.92 Å². The number of benzene rings is 1. The van der Waals surface area contributed by atoms with E-state index in [1.54, 1.807) is 0 Å². The molecule has 0 aliphatic carbocycles. The summed E-state index contributed by atoms with van der Waals surface area (Å²) in [5, 5.41) is 12.6. The number of hydrogen-bond acceptors (Lipinski definition) is 2. The first-order valence-electron chi connectivity index (χ1n) is 5.19. The van der Waals surface area contributed by atoms with Gasteiger partial charge in [0, 0.05) is 31.5 Å². The van der Waals surface area contributed by atoms with E-state index in [1.807, 2.05) is 0 Å². The largest absolute Gasteiger partial charge is 0.396 e. The van der Waals surface area contributed by atoms with Gasteiger partial charge in [0.15, 0.2) is 0 Å². The molecule has 0 bridgehead atoms. The predicted molar refractivity (Wildman–Crippen MR) is 57.4 cm³/mol. The highest BCUT2D eigenvalue weighted by Crippen LogP contribution is 2.27. The summed E-state index contributed by atoms with van der Waals surface area (Å²) in [6, 6.07) is 8.59. The van der Waals surface area contributed by atoms with Gasteiger partial charge in [-0.15, -0.1) is 0 Å². The van der Waals surface area contributed by atoms with E-state index in [2.05, 4.69) is 36.5 Å². The topological polar surface area (TPSA) is 32.3 Å². The van der Waals surface area contributed by atoms with Crippen LogP contribution in [0.15, 0.2) is 24.3 Å². The van der Waals surface area contributed by atoms with E-state index in [1.165, 1.54) is 11.1 Å². The zero-order valence-electron chi connectivity index (χ0n) is 8.53. The van der Waals surface area contributed by atoms with Crippen LogP contribution >= 0.6 is 0 Å². The van der Waals surface area contributed by atoms with Gasteiger partial charge in [-0.25, -0.2) is 0 Å². The van der Waals surface area contributed by atoms with Crippen molar-refractivity contribution in [3.05, 3.63) is 35.4 Å². The number of aliphatic hydroxyl groups excluding tert-OH is 1. The van der Waals surface area contributed by atoms with Crippen molar-refractivity contribution >= 4 is 0 Å². The van der Waals surface area contributed by atoms with Crippen molar-refractivity contribution in [3.63, 3.8) is 0 Å². The molecule has 2 nitrogen and oxygen atoms in total. The van der Waals surface area contributed by atoms with Gasteiger partial charge in [-0.2, -0.15) is 0 Å². The first-order chi connectivity index (χ1) is 6.81. The number of aryl methyl sites for hydroxylation is 1. The second-order valence-corrected chi connectivity index (χ2v) is 4.12. The summed E-state index contributed by atoms with van der Waals surface area (Å²) in [6.45, 7) is 4.33. The monoisotopic (exact) mass is 191 g/mol. The SMILES string of the molecule is Cc1cccc([C@@H]2CNC[C@H]2CO)c1. The molecule has 2 rings (SSSR count). The third-order valence-corrected chi connectivity index (χ3v) is 3.04. The molecule has 1 aliphatic heterocycles. The fourth-order valence-electron chi connectivity index (χ4n) is 2.22. The average Bonchev–Trinajstić information content (AvgIpc) is 2.65. The third kappa shape index (κ3) is 1.81. The highest BCUT2D eigenvalue weighted by molar-refractivity contribution is 5.27. The third-order valence-electron chi connectivity index (χ3n) is 3.04. The van der Waals surface area contributed by atoms with Crippen LogP contribution in [-0.2, 0) is 0 Å². The summed E-state index contributed by atoms with van der Waals surface area (Å²) < 4.78 is 0. The lowest BCUT2D eigenvalue weighted by atomic mass is 9.89. The van der Waals surface area contributed by atoms with Crippen molar-refractivity contribution < 1.29 is 5.11 Å². The molecule has 0 amide bonds. The standard InChI is InChI=1S/C12H17NO/c1-9-3-2-4-10(5-9)12-7-13-6-11(12)8-14/h2-5,11-14H,6-8H2,1H3/t11-,12-/m0/s1. The fourth-order valence-corrected chi connectivity index (χ4v) is 2.22. The number of hydrogen-bond donors (Lipinski definition) is 2. The summed E-state index contributed by atoms with van der Waals surface area (Å²) in [5.41, 5.74) is 2.65. The number of aliphatic hydroxyl groups is 1. The van der Waals surface area contributed by atoms with E-state index in [0.29, 0.717) is 11.8 Å². The van der Waals surface area contributed by atoms with Gasteiger partial charge in [-0.05, 0) is 12.5 Å². The zero-order chi connectivity index (χ0) is 9.97. The smallest absolute Gasteiger partial charge is 0.0477 e. The van der Waals surface area contributed by atoms with Crippen LogP contribution < -0.4 is 5.32 Å². The molecule has 1 heterocycles. The molecule has 2 atom stereocenters. The van der Waals surface area contributed by atoms with E-state index < -0.39 is 0 Å². The summed E-state index contributed by atoms with van der Waals surface area (Å²) in [6.07, 6.45) is 0. The van der Waals surface area contributed by atoms with Crippen molar-refractivity contribution in [2.45, 2.75) is 12.8 Å². The normalized spacial score (nSPS) is 26.7. The Hall–Kier alpha value is -0.860. The molecule has 2 N–H and O–H groups in total. The molecule has 76 valence electrons. The fraction of sp³-hybridized carbons (Fsp3) is 0.500. The van der Waals surface area contributed by atoms with Gasteiger partial charge in [-0.1, -0.05) is 29.8 Å². The van der Waals surface area contributed by atoms with Gasteiger partial charge in [-0.3, -0.25) is 0 Å². The van der Waals surface area contributed by atoms with Gasteiger partial charge in [0.1, 0.15) is 0 Å². The Balaban J connectivity index is 2.21. The lowest BCUT2D eigenvalue weighted by Crippen LogP contribution is -2.14. The quantitative estimate of drug-likeness (QED) is 0.738. The first-order valence-corrected chi connectivity index (χ1v) is 5.19. The molecule has 2 heteroatoms. The molecule has 0 aromatic heterocycles. The highest BCUT2D eigenvalue weighted by atomic mass is 16.3. The van der Waals surface area contributed by atoms with Gasteiger partial charge < -0.3 is 10.4 Å². The Kier molecular flexibility index (Phi) is 2.85. The van der Waals surface area contributed by atoms with Crippen molar-refractivity contribution in [1.29, 1.82) is 0 Å². The number of rotatable bonds is 2. The molecule has 1 aromatic rings. The molecule has 1 aromatic carbocycles. The van der Waals surface area contributed by atoms with E-state index >= 15 is 0 Å². The number of nitrogens with one attached hydrogen (secondary N) is 1. The van der Waals surface area contributed by atoms with E-state index in [9.17, 15) is 5.11 Å². The zero-order valence-corrected chi connectivity index (χ0v) is 8.53. The van der Waals surface area contributed by atoms with E-state index in [0.717, 1.165) is 13.1 Å². The van der Waals surface area contributed by atoms with Crippen LogP contribution in [0.1, 0.15) is 17.0 Å². The van der Waals surface area contributed by atoms with Crippen molar-refractivity contribution in [2.75, 3.05) is 19.7 Å². The molecule has 0 radical (unpaired) electrons. The Morgan fingerprint density at radius 2 is 2.29 bits per heavy atom. The minimum absolute atomic E-state index is 0.283. The average molecular weight is 191 g/mol. The van der Waals surface area contributed by atoms with Gasteiger partial charge in [0.05, 0.1) is 0 Å². The van der Waals surface area contributed by atoms with Crippen LogP contribution in [-0.4, -0.2) is 24.8 Å². The second kappa shape index (κ2) is 4.11. The van der Waals surface area contributed by atoms with E-state index in [4.69, 9.17) is 0 Å². The first kappa shape index (κ1) is 9.69. The lowest BCUT2D eigenvalue weighted by Gasteiger charge is -2.16. The Labute approximate surface area is 85.0 Å². The van der Waals surface area contributed by atoms with Crippen LogP contribution in [0.4, 0.5) is 0 Å². The molecule has 14 heavy (non-hydrogen) atoms. The van der Waals surface area contributed by atoms with Crippen LogP contribution in [0.5, 0.6) is 0 Å². The molecular formula is C12H17NO. The van der Waals surface area contributed by atoms with Crippen LogP contribution in [0, 0.1) is 12.8 Å². The van der Waals surface area contributed by atoms with E-state index in [-0.39, 0.29) is 6.61 Å².